The molecule has 0 fully saturated rings. The fourth-order valence-corrected chi connectivity index (χ4v) is 3.62. The van der Waals surface area contributed by atoms with E-state index >= 15 is 0 Å². The maximum absolute atomic E-state index is 2.29. The highest BCUT2D eigenvalue weighted by atomic mass is 32.2. The van der Waals surface area contributed by atoms with Gasteiger partial charge in [-0.05, 0) is 29.9 Å². The number of aryl methyl sites for hydroxylation is 1. The van der Waals surface area contributed by atoms with Crippen molar-refractivity contribution in [1.29, 1.82) is 0 Å². The maximum atomic E-state index is 2.29. The van der Waals surface area contributed by atoms with Crippen molar-refractivity contribution < 1.29 is 0 Å². The summed E-state index contributed by atoms with van der Waals surface area (Å²) in [5.74, 6) is 2.63. The lowest BCUT2D eigenvalue weighted by molar-refractivity contribution is 0.563. The number of thioether (sulfide) groups is 1. The Morgan fingerprint density at radius 3 is 1.86 bits per heavy atom. The average molecular weight is 307 g/mol. The van der Waals surface area contributed by atoms with Gasteiger partial charge in [-0.1, -0.05) is 95.0 Å². The second-order valence-corrected chi connectivity index (χ2v) is 7.25. The van der Waals surface area contributed by atoms with Gasteiger partial charge in [-0.2, -0.15) is 11.8 Å². The molecule has 0 bridgehead atoms. The first-order chi connectivity index (χ1) is 10.4. The molecule has 0 aliphatic heterocycles. The van der Waals surface area contributed by atoms with Crippen molar-refractivity contribution in [2.45, 2.75) is 77.6 Å². The average Bonchev–Trinajstić information content (AvgIpc) is 2.53. The standard InChI is InChI=1S/C20H34S/c1-2-3-4-5-6-7-8-9-10-14-18-21-19-17-20-15-12-11-13-16-20/h11-13,15-16H,2-10,14,17-19H2,1H3. The second kappa shape index (κ2) is 14.5. The zero-order valence-corrected chi connectivity index (χ0v) is 14.8. The van der Waals surface area contributed by atoms with Gasteiger partial charge < -0.3 is 0 Å². The van der Waals surface area contributed by atoms with E-state index in [1.54, 1.807) is 0 Å². The lowest BCUT2D eigenvalue weighted by atomic mass is 10.1. The van der Waals surface area contributed by atoms with Crippen molar-refractivity contribution in [3.05, 3.63) is 35.9 Å². The minimum Gasteiger partial charge on any atom is -0.162 e. The Morgan fingerprint density at radius 2 is 1.24 bits per heavy atom. The van der Waals surface area contributed by atoms with Crippen LogP contribution in [0.2, 0.25) is 0 Å². The minimum absolute atomic E-state index is 1.23. The Morgan fingerprint density at radius 1 is 0.667 bits per heavy atom. The van der Waals surface area contributed by atoms with Crippen molar-refractivity contribution in [3.63, 3.8) is 0 Å². The number of hydrogen-bond acceptors (Lipinski definition) is 1. The molecule has 0 atom stereocenters. The lowest BCUT2D eigenvalue weighted by Gasteiger charge is -2.03. The molecule has 0 aromatic heterocycles. The van der Waals surface area contributed by atoms with Crippen molar-refractivity contribution >= 4 is 11.8 Å². The molecular formula is C20H34S. The molecule has 0 radical (unpaired) electrons. The van der Waals surface area contributed by atoms with Gasteiger partial charge in [-0.25, -0.2) is 0 Å². The molecular weight excluding hydrogens is 272 g/mol. The highest BCUT2D eigenvalue weighted by Crippen LogP contribution is 2.13. The molecule has 0 saturated carbocycles. The largest absolute Gasteiger partial charge is 0.162 e. The van der Waals surface area contributed by atoms with Crippen molar-refractivity contribution in [2.24, 2.45) is 0 Å². The van der Waals surface area contributed by atoms with Gasteiger partial charge in [0.2, 0.25) is 0 Å². The van der Waals surface area contributed by atoms with E-state index in [-0.39, 0.29) is 0 Å². The van der Waals surface area contributed by atoms with Crippen LogP contribution in [-0.2, 0) is 6.42 Å². The van der Waals surface area contributed by atoms with Crippen LogP contribution in [0, 0.1) is 0 Å². The molecule has 120 valence electrons. The fourth-order valence-electron chi connectivity index (χ4n) is 2.63. The summed E-state index contributed by atoms with van der Waals surface area (Å²) in [4.78, 5) is 0. The quantitative estimate of drug-likeness (QED) is 0.337. The van der Waals surface area contributed by atoms with Gasteiger partial charge in [0.1, 0.15) is 0 Å². The first-order valence-electron chi connectivity index (χ1n) is 9.05. The second-order valence-electron chi connectivity index (χ2n) is 6.03. The predicted molar refractivity (Wildman–Crippen MR) is 99.3 cm³/mol. The first-order valence-corrected chi connectivity index (χ1v) is 10.2. The van der Waals surface area contributed by atoms with Crippen LogP contribution in [0.3, 0.4) is 0 Å². The monoisotopic (exact) mass is 306 g/mol. The highest BCUT2D eigenvalue weighted by Gasteiger charge is 1.95. The summed E-state index contributed by atoms with van der Waals surface area (Å²) in [6.45, 7) is 2.29. The van der Waals surface area contributed by atoms with E-state index in [2.05, 4.69) is 49.0 Å². The van der Waals surface area contributed by atoms with Gasteiger partial charge in [0.25, 0.3) is 0 Å². The molecule has 0 N–H and O–H groups in total. The Balaban J connectivity index is 1.75. The van der Waals surface area contributed by atoms with Crippen LogP contribution in [0.4, 0.5) is 0 Å². The predicted octanol–water partition coefficient (Wildman–Crippen LogP) is 6.88. The summed E-state index contributed by atoms with van der Waals surface area (Å²) in [7, 11) is 0. The van der Waals surface area contributed by atoms with E-state index in [0.29, 0.717) is 0 Å². The van der Waals surface area contributed by atoms with Gasteiger partial charge in [0.05, 0.1) is 0 Å². The molecule has 0 aliphatic rings. The Kier molecular flexibility index (Phi) is 12.9. The van der Waals surface area contributed by atoms with Gasteiger partial charge >= 0.3 is 0 Å². The van der Waals surface area contributed by atoms with Crippen molar-refractivity contribution in [1.82, 2.24) is 0 Å². The van der Waals surface area contributed by atoms with Gasteiger partial charge in [0, 0.05) is 0 Å². The van der Waals surface area contributed by atoms with E-state index in [4.69, 9.17) is 0 Å². The molecule has 0 nitrogen and oxygen atoms in total. The van der Waals surface area contributed by atoms with E-state index in [0.717, 1.165) is 0 Å². The van der Waals surface area contributed by atoms with Crippen LogP contribution in [0.15, 0.2) is 30.3 Å². The zero-order valence-electron chi connectivity index (χ0n) is 14.0. The van der Waals surface area contributed by atoms with Crippen molar-refractivity contribution in [3.8, 4) is 0 Å². The number of benzene rings is 1. The Hall–Kier alpha value is -0.430. The summed E-state index contributed by atoms with van der Waals surface area (Å²) >= 11 is 2.13. The van der Waals surface area contributed by atoms with Crippen LogP contribution in [0.5, 0.6) is 0 Å². The van der Waals surface area contributed by atoms with Gasteiger partial charge in [-0.15, -0.1) is 0 Å². The molecule has 1 aromatic carbocycles. The van der Waals surface area contributed by atoms with Crippen molar-refractivity contribution in [2.75, 3.05) is 11.5 Å². The summed E-state index contributed by atoms with van der Waals surface area (Å²) in [5.41, 5.74) is 1.48. The summed E-state index contributed by atoms with van der Waals surface area (Å²) in [5, 5.41) is 0. The smallest absolute Gasteiger partial charge is 0.00270 e. The Labute approximate surface area is 137 Å². The van der Waals surface area contributed by atoms with Crippen LogP contribution in [0.1, 0.15) is 76.7 Å². The molecule has 0 saturated heterocycles. The third kappa shape index (κ3) is 11.9. The van der Waals surface area contributed by atoms with Crippen LogP contribution < -0.4 is 0 Å². The molecule has 0 spiro atoms. The lowest BCUT2D eigenvalue weighted by Crippen LogP contribution is -1.90. The normalized spacial score (nSPS) is 10.9. The van der Waals surface area contributed by atoms with E-state index in [1.807, 2.05) is 0 Å². The zero-order chi connectivity index (χ0) is 15.0. The third-order valence-corrected chi connectivity index (χ3v) is 5.09. The topological polar surface area (TPSA) is 0 Å². The molecule has 0 unspecified atom stereocenters. The van der Waals surface area contributed by atoms with Gasteiger partial charge in [-0.3, -0.25) is 0 Å². The summed E-state index contributed by atoms with van der Waals surface area (Å²) in [6, 6.07) is 10.9. The van der Waals surface area contributed by atoms with E-state index in [1.165, 1.54) is 87.7 Å². The summed E-state index contributed by atoms with van der Waals surface area (Å²) < 4.78 is 0. The maximum Gasteiger partial charge on any atom is -0.00270 e. The number of unbranched alkanes of at least 4 members (excludes halogenated alkanes) is 9. The van der Waals surface area contributed by atoms with Crippen LogP contribution in [-0.4, -0.2) is 11.5 Å². The molecule has 0 aliphatic carbocycles. The fraction of sp³-hybridized carbons (Fsp3) is 0.700. The van der Waals surface area contributed by atoms with Crippen LogP contribution in [0.25, 0.3) is 0 Å². The molecule has 1 heteroatoms. The first kappa shape index (κ1) is 18.6. The molecule has 1 rings (SSSR count). The summed E-state index contributed by atoms with van der Waals surface area (Å²) in [6.07, 6.45) is 15.6. The minimum atomic E-state index is 1.23. The third-order valence-electron chi connectivity index (χ3n) is 4.02. The molecule has 0 amide bonds. The number of rotatable bonds is 14. The SMILES string of the molecule is CCCCCCCCCCCCSCCc1ccccc1. The van der Waals surface area contributed by atoms with Crippen LogP contribution >= 0.6 is 11.8 Å². The number of hydrogen-bond donors (Lipinski definition) is 0. The van der Waals surface area contributed by atoms with Gasteiger partial charge in [0.15, 0.2) is 0 Å². The molecule has 0 heterocycles. The van der Waals surface area contributed by atoms with E-state index < -0.39 is 0 Å². The molecule has 21 heavy (non-hydrogen) atoms. The highest BCUT2D eigenvalue weighted by molar-refractivity contribution is 7.99. The molecule has 1 aromatic rings. The van der Waals surface area contributed by atoms with E-state index in [9.17, 15) is 0 Å². The Bertz CT molecular complexity index is 307.